The first kappa shape index (κ1) is 10.2. The number of nitrogens with one attached hydrogen (secondary N) is 1. The molecule has 70 valence electrons. The molecule has 1 heterocycles. The standard InChI is InChI=1S/C7H13NO2S2/c1-11-3-2-6-8-5(4-12-6)7(9)10/h5-6,8H,2-4H2,1H3,(H,9,10)/t5-,6+/m0/s1. The van der Waals surface area contributed by atoms with Gasteiger partial charge < -0.3 is 5.11 Å². The molecule has 2 atom stereocenters. The van der Waals surface area contributed by atoms with Gasteiger partial charge in [0.25, 0.3) is 0 Å². The summed E-state index contributed by atoms with van der Waals surface area (Å²) in [5.74, 6) is 1.07. The normalized spacial score (nSPS) is 29.1. The fourth-order valence-corrected chi connectivity index (χ4v) is 2.90. The van der Waals surface area contributed by atoms with Crippen LogP contribution in [0.4, 0.5) is 0 Å². The molecular formula is C7H13NO2S2. The highest BCUT2D eigenvalue weighted by Gasteiger charge is 2.28. The van der Waals surface area contributed by atoms with E-state index in [1.807, 2.05) is 0 Å². The second kappa shape index (κ2) is 4.99. The maximum atomic E-state index is 10.5. The SMILES string of the molecule is CSCC[C@@H]1N[C@H](C(=O)O)CS1. The summed E-state index contributed by atoms with van der Waals surface area (Å²) in [5, 5.41) is 12.1. The van der Waals surface area contributed by atoms with Crippen LogP contribution in [0.25, 0.3) is 0 Å². The Morgan fingerprint density at radius 1 is 1.83 bits per heavy atom. The topological polar surface area (TPSA) is 49.3 Å². The highest BCUT2D eigenvalue weighted by atomic mass is 32.2. The van der Waals surface area contributed by atoms with Crippen LogP contribution in [0.2, 0.25) is 0 Å². The van der Waals surface area contributed by atoms with Crippen LogP contribution in [0, 0.1) is 0 Å². The summed E-state index contributed by atoms with van der Waals surface area (Å²) in [5.41, 5.74) is 0. The van der Waals surface area contributed by atoms with Gasteiger partial charge in [-0.3, -0.25) is 10.1 Å². The fraction of sp³-hybridized carbons (Fsp3) is 0.857. The van der Waals surface area contributed by atoms with Crippen molar-refractivity contribution in [2.75, 3.05) is 17.8 Å². The van der Waals surface area contributed by atoms with E-state index in [2.05, 4.69) is 11.6 Å². The molecule has 0 saturated carbocycles. The monoisotopic (exact) mass is 207 g/mol. The van der Waals surface area contributed by atoms with Crippen LogP contribution in [-0.4, -0.2) is 40.3 Å². The Balaban J connectivity index is 2.21. The molecule has 0 aromatic rings. The van der Waals surface area contributed by atoms with Crippen LogP contribution in [0.3, 0.4) is 0 Å². The van der Waals surface area contributed by atoms with Gasteiger partial charge in [-0.15, -0.1) is 11.8 Å². The summed E-state index contributed by atoms with van der Waals surface area (Å²) in [7, 11) is 0. The number of carboxylic acid groups (broad SMARTS) is 1. The van der Waals surface area contributed by atoms with Crippen molar-refractivity contribution in [3.8, 4) is 0 Å². The van der Waals surface area contributed by atoms with Crippen molar-refractivity contribution < 1.29 is 9.90 Å². The Morgan fingerprint density at radius 3 is 3.08 bits per heavy atom. The lowest BCUT2D eigenvalue weighted by Gasteiger charge is -2.08. The lowest BCUT2D eigenvalue weighted by atomic mass is 10.3. The number of hydrogen-bond donors (Lipinski definition) is 2. The van der Waals surface area contributed by atoms with Crippen molar-refractivity contribution in [1.29, 1.82) is 0 Å². The van der Waals surface area contributed by atoms with Gasteiger partial charge in [-0.05, 0) is 18.4 Å². The minimum Gasteiger partial charge on any atom is -0.480 e. The molecule has 0 aromatic carbocycles. The molecule has 1 rings (SSSR count). The van der Waals surface area contributed by atoms with Gasteiger partial charge in [0.1, 0.15) is 6.04 Å². The molecule has 2 N–H and O–H groups in total. The third kappa shape index (κ3) is 2.88. The molecule has 1 saturated heterocycles. The number of thioether (sulfide) groups is 2. The molecule has 0 spiro atoms. The molecule has 1 aliphatic rings. The summed E-state index contributed by atoms with van der Waals surface area (Å²) in [6.07, 6.45) is 3.11. The van der Waals surface area contributed by atoms with Gasteiger partial charge in [-0.2, -0.15) is 11.8 Å². The first-order valence-electron chi connectivity index (χ1n) is 3.83. The van der Waals surface area contributed by atoms with Crippen LogP contribution in [-0.2, 0) is 4.79 Å². The maximum Gasteiger partial charge on any atom is 0.321 e. The van der Waals surface area contributed by atoms with E-state index < -0.39 is 5.97 Å². The summed E-state index contributed by atoms with van der Waals surface area (Å²) in [6.45, 7) is 0. The zero-order chi connectivity index (χ0) is 8.97. The Hall–Kier alpha value is 0.130. The van der Waals surface area contributed by atoms with E-state index in [0.29, 0.717) is 11.1 Å². The Bertz CT molecular complexity index is 165. The largest absolute Gasteiger partial charge is 0.480 e. The molecule has 1 fully saturated rings. The number of rotatable bonds is 4. The minimum atomic E-state index is -0.728. The van der Waals surface area contributed by atoms with Gasteiger partial charge in [-0.25, -0.2) is 0 Å². The number of hydrogen-bond acceptors (Lipinski definition) is 4. The van der Waals surface area contributed by atoms with Crippen LogP contribution >= 0.6 is 23.5 Å². The van der Waals surface area contributed by atoms with Crippen LogP contribution in [0.1, 0.15) is 6.42 Å². The average molecular weight is 207 g/mol. The summed E-state index contributed by atoms with van der Waals surface area (Å²) < 4.78 is 0. The van der Waals surface area contributed by atoms with E-state index in [9.17, 15) is 4.79 Å². The van der Waals surface area contributed by atoms with Gasteiger partial charge in [0.2, 0.25) is 0 Å². The molecule has 0 aromatic heterocycles. The van der Waals surface area contributed by atoms with E-state index in [-0.39, 0.29) is 6.04 Å². The van der Waals surface area contributed by atoms with E-state index in [0.717, 1.165) is 12.2 Å². The fourth-order valence-electron chi connectivity index (χ4n) is 1.07. The second-order valence-electron chi connectivity index (χ2n) is 2.66. The van der Waals surface area contributed by atoms with E-state index >= 15 is 0 Å². The molecule has 0 unspecified atom stereocenters. The molecule has 5 heteroatoms. The van der Waals surface area contributed by atoms with Crippen molar-refractivity contribution in [3.05, 3.63) is 0 Å². The average Bonchev–Trinajstić information content (AvgIpc) is 2.48. The lowest BCUT2D eigenvalue weighted by molar-refractivity contribution is -0.138. The van der Waals surface area contributed by atoms with E-state index in [4.69, 9.17) is 5.11 Å². The van der Waals surface area contributed by atoms with Crippen LogP contribution in [0.15, 0.2) is 0 Å². The summed E-state index contributed by atoms with van der Waals surface area (Å²) in [4.78, 5) is 10.5. The van der Waals surface area contributed by atoms with Crippen molar-refractivity contribution >= 4 is 29.5 Å². The third-order valence-electron chi connectivity index (χ3n) is 1.73. The highest BCUT2D eigenvalue weighted by Crippen LogP contribution is 2.22. The van der Waals surface area contributed by atoms with Crippen molar-refractivity contribution in [2.45, 2.75) is 17.8 Å². The zero-order valence-corrected chi connectivity index (χ0v) is 8.58. The van der Waals surface area contributed by atoms with Gasteiger partial charge in [-0.1, -0.05) is 0 Å². The maximum absolute atomic E-state index is 10.5. The van der Waals surface area contributed by atoms with Crippen molar-refractivity contribution in [1.82, 2.24) is 5.32 Å². The molecule has 3 nitrogen and oxygen atoms in total. The number of carbonyl (C=O) groups is 1. The Labute approximate surface area is 80.7 Å². The van der Waals surface area contributed by atoms with Crippen LogP contribution < -0.4 is 5.32 Å². The molecule has 0 aliphatic carbocycles. The number of aliphatic carboxylic acids is 1. The summed E-state index contributed by atoms with van der Waals surface area (Å²) in [6, 6.07) is -0.332. The Kier molecular flexibility index (Phi) is 4.25. The molecule has 0 amide bonds. The highest BCUT2D eigenvalue weighted by molar-refractivity contribution is 8.00. The molecule has 1 aliphatic heterocycles. The van der Waals surface area contributed by atoms with Crippen molar-refractivity contribution in [3.63, 3.8) is 0 Å². The van der Waals surface area contributed by atoms with E-state index in [1.165, 1.54) is 0 Å². The molecule has 0 bridgehead atoms. The quantitative estimate of drug-likeness (QED) is 0.716. The van der Waals surface area contributed by atoms with Gasteiger partial charge in [0.05, 0.1) is 5.37 Å². The van der Waals surface area contributed by atoms with Gasteiger partial charge in [0.15, 0.2) is 0 Å². The third-order valence-corrected chi connectivity index (χ3v) is 3.68. The second-order valence-corrected chi connectivity index (χ2v) is 4.88. The Morgan fingerprint density at radius 2 is 2.58 bits per heavy atom. The first-order chi connectivity index (χ1) is 5.74. The lowest BCUT2D eigenvalue weighted by Crippen LogP contribution is -2.36. The number of carboxylic acids is 1. The van der Waals surface area contributed by atoms with E-state index in [1.54, 1.807) is 23.5 Å². The minimum absolute atomic E-state index is 0.332. The van der Waals surface area contributed by atoms with Gasteiger partial charge >= 0.3 is 5.97 Å². The molecule has 0 radical (unpaired) electrons. The van der Waals surface area contributed by atoms with Gasteiger partial charge in [0, 0.05) is 5.75 Å². The van der Waals surface area contributed by atoms with Crippen LogP contribution in [0.5, 0.6) is 0 Å². The smallest absolute Gasteiger partial charge is 0.321 e. The zero-order valence-electron chi connectivity index (χ0n) is 6.95. The predicted molar refractivity (Wildman–Crippen MR) is 53.8 cm³/mol. The first-order valence-corrected chi connectivity index (χ1v) is 6.27. The predicted octanol–water partition coefficient (Wildman–Crippen LogP) is 0.855. The van der Waals surface area contributed by atoms with Crippen molar-refractivity contribution in [2.24, 2.45) is 0 Å². The summed E-state index contributed by atoms with van der Waals surface area (Å²) >= 11 is 3.51. The molecule has 12 heavy (non-hydrogen) atoms. The molecular weight excluding hydrogens is 194 g/mol.